The zero-order chi connectivity index (χ0) is 21.4. The first-order chi connectivity index (χ1) is 13.4. The van der Waals surface area contributed by atoms with Crippen LogP contribution in [0.25, 0.3) is 0 Å². The fourth-order valence-corrected chi connectivity index (χ4v) is 6.38. The van der Waals surface area contributed by atoms with Crippen molar-refractivity contribution >= 4 is 32.1 Å². The van der Waals surface area contributed by atoms with Gasteiger partial charge in [-0.1, -0.05) is 34.1 Å². The summed E-state index contributed by atoms with van der Waals surface area (Å²) in [6.45, 7) is 2.83. The van der Waals surface area contributed by atoms with Crippen LogP contribution in [0.4, 0.5) is 0 Å². The molecule has 4 aliphatic carbocycles. The van der Waals surface area contributed by atoms with Gasteiger partial charge in [-0.25, -0.2) is 0 Å². The molecule has 2 unspecified atom stereocenters. The summed E-state index contributed by atoms with van der Waals surface area (Å²) in [7, 11) is -4.45. The molecule has 4 bridgehead atoms. The summed E-state index contributed by atoms with van der Waals surface area (Å²) in [5, 5.41) is 13.5. The molecule has 2 atom stereocenters. The van der Waals surface area contributed by atoms with Crippen molar-refractivity contribution < 1.29 is 22.9 Å². The summed E-state index contributed by atoms with van der Waals surface area (Å²) < 4.78 is 33.9. The highest BCUT2D eigenvalue weighted by Gasteiger charge is 2.55. The minimum Gasteiger partial charge on any atom is -0.390 e. The van der Waals surface area contributed by atoms with Gasteiger partial charge in [0.1, 0.15) is 5.54 Å². The van der Waals surface area contributed by atoms with Crippen LogP contribution < -0.4 is 10.0 Å². The third kappa shape index (κ3) is 5.79. The number of nitrogens with one attached hydrogen (secondary N) is 2. The number of hydrogen-bond acceptors (Lipinski definition) is 4. The highest BCUT2D eigenvalue weighted by atomic mass is 79.9. The Morgan fingerprint density at radius 2 is 1.69 bits per heavy atom. The molecular formula is C20H29BrN2O5S. The van der Waals surface area contributed by atoms with Crippen LogP contribution in [0.15, 0.2) is 34.8 Å². The monoisotopic (exact) mass is 488 g/mol. The van der Waals surface area contributed by atoms with Crippen LogP contribution in [0, 0.1) is 17.8 Å². The Morgan fingerprint density at radius 3 is 2.10 bits per heavy atom. The van der Waals surface area contributed by atoms with E-state index < -0.39 is 27.4 Å². The first kappa shape index (κ1) is 22.7. The van der Waals surface area contributed by atoms with Crippen molar-refractivity contribution in [2.24, 2.45) is 17.8 Å². The lowest BCUT2D eigenvalue weighted by molar-refractivity contribution is -0.148. The van der Waals surface area contributed by atoms with Gasteiger partial charge in [0.2, 0.25) is 5.91 Å². The summed E-state index contributed by atoms with van der Waals surface area (Å²) in [6.07, 6.45) is 4.30. The second-order valence-electron chi connectivity index (χ2n) is 9.19. The van der Waals surface area contributed by atoms with Crippen molar-refractivity contribution in [2.75, 3.05) is 0 Å². The molecule has 4 fully saturated rings. The molecule has 4 aliphatic rings. The number of hydrogen-bond donors (Lipinski definition) is 4. The van der Waals surface area contributed by atoms with Gasteiger partial charge in [-0.05, 0) is 75.8 Å². The molecule has 0 heterocycles. The van der Waals surface area contributed by atoms with E-state index in [-0.39, 0.29) is 17.9 Å². The molecule has 9 heteroatoms. The number of amides is 1. The van der Waals surface area contributed by atoms with Crippen LogP contribution in [0.5, 0.6) is 0 Å². The fraction of sp³-hybridized carbons (Fsp3) is 0.650. The van der Waals surface area contributed by atoms with Gasteiger partial charge in [0, 0.05) is 10.5 Å². The largest absolute Gasteiger partial charge is 0.390 e. The lowest BCUT2D eigenvalue weighted by Gasteiger charge is -2.58. The van der Waals surface area contributed by atoms with E-state index >= 15 is 0 Å². The Kier molecular flexibility index (Phi) is 6.46. The third-order valence-corrected chi connectivity index (χ3v) is 7.52. The average Bonchev–Trinajstić information content (AvgIpc) is 2.55. The summed E-state index contributed by atoms with van der Waals surface area (Å²) in [4.78, 5) is 12.4. The SMILES string of the molecule is Brc1ccccc1.CC(C)(NS(=O)(=O)O)C(=O)NC1C2CC3CC1CC(O)(C3)C2. The average molecular weight is 489 g/mol. The minimum atomic E-state index is -4.45. The van der Waals surface area contributed by atoms with E-state index in [4.69, 9.17) is 4.55 Å². The Labute approximate surface area is 180 Å². The van der Waals surface area contributed by atoms with Crippen molar-refractivity contribution in [2.45, 2.75) is 63.1 Å². The van der Waals surface area contributed by atoms with Crippen molar-refractivity contribution in [3.63, 3.8) is 0 Å². The molecule has 1 aromatic rings. The predicted molar refractivity (Wildman–Crippen MR) is 113 cm³/mol. The number of rotatable bonds is 4. The number of aliphatic hydroxyl groups is 1. The van der Waals surface area contributed by atoms with E-state index in [0.717, 1.165) is 23.7 Å². The van der Waals surface area contributed by atoms with Crippen molar-refractivity contribution in [1.82, 2.24) is 10.0 Å². The van der Waals surface area contributed by atoms with E-state index in [9.17, 15) is 18.3 Å². The smallest absolute Gasteiger partial charge is 0.334 e. The maximum Gasteiger partial charge on any atom is 0.334 e. The van der Waals surface area contributed by atoms with Gasteiger partial charge in [0.15, 0.2) is 0 Å². The van der Waals surface area contributed by atoms with E-state index in [1.54, 1.807) is 0 Å². The summed E-state index contributed by atoms with van der Waals surface area (Å²) >= 11 is 3.31. The number of carbonyl (C=O) groups is 1. The van der Waals surface area contributed by atoms with Crippen LogP contribution in [-0.4, -0.2) is 41.2 Å². The van der Waals surface area contributed by atoms with Gasteiger partial charge < -0.3 is 10.4 Å². The fourth-order valence-electron chi connectivity index (χ4n) is 5.33. The summed E-state index contributed by atoms with van der Waals surface area (Å²) in [5.74, 6) is 0.595. The molecule has 29 heavy (non-hydrogen) atoms. The lowest BCUT2D eigenvalue weighted by Crippen LogP contribution is -2.65. The van der Waals surface area contributed by atoms with Gasteiger partial charge in [-0.15, -0.1) is 0 Å². The molecule has 7 nitrogen and oxygen atoms in total. The van der Waals surface area contributed by atoms with Crippen molar-refractivity contribution in [3.05, 3.63) is 34.8 Å². The van der Waals surface area contributed by atoms with Crippen LogP contribution in [0.1, 0.15) is 46.0 Å². The molecule has 162 valence electrons. The maximum absolute atomic E-state index is 12.4. The third-order valence-electron chi connectivity index (χ3n) is 6.22. The molecule has 1 aromatic carbocycles. The van der Waals surface area contributed by atoms with Crippen LogP contribution in [0.2, 0.25) is 0 Å². The highest BCUT2D eigenvalue weighted by Crippen LogP contribution is 2.55. The van der Waals surface area contributed by atoms with E-state index in [1.807, 2.05) is 35.1 Å². The quantitative estimate of drug-likeness (QED) is 0.486. The lowest BCUT2D eigenvalue weighted by atomic mass is 9.52. The molecule has 4 N–H and O–H groups in total. The van der Waals surface area contributed by atoms with Gasteiger partial charge in [0.05, 0.1) is 5.60 Å². The second-order valence-corrected chi connectivity index (χ2v) is 11.3. The van der Waals surface area contributed by atoms with E-state index in [0.29, 0.717) is 18.8 Å². The van der Waals surface area contributed by atoms with Gasteiger partial charge in [0.25, 0.3) is 0 Å². The standard InChI is InChI=1S/C14H24N2O5S.C6H5Br/c1-13(2,16-22(19,20)21)12(17)15-11-9-3-8-4-10(11)7-14(18,5-8)6-9;7-6-4-2-1-3-5-6/h8-11,16,18H,3-7H2,1-2H3,(H,15,17)(H,19,20,21);1-5H. The summed E-state index contributed by atoms with van der Waals surface area (Å²) in [6, 6.07) is 9.95. The molecular weight excluding hydrogens is 460 g/mol. The van der Waals surface area contributed by atoms with Crippen molar-refractivity contribution in [3.8, 4) is 0 Å². The number of benzene rings is 1. The van der Waals surface area contributed by atoms with E-state index in [1.165, 1.54) is 13.8 Å². The molecule has 0 radical (unpaired) electrons. The number of carbonyl (C=O) groups excluding carboxylic acids is 1. The number of halogens is 1. The molecule has 4 saturated carbocycles. The molecule has 1 amide bonds. The molecule has 0 aromatic heterocycles. The minimum absolute atomic E-state index is 0.0215. The first-order valence-electron chi connectivity index (χ1n) is 9.87. The Hall–Kier alpha value is -1.00. The van der Waals surface area contributed by atoms with Crippen LogP contribution >= 0.6 is 15.9 Å². The van der Waals surface area contributed by atoms with Gasteiger partial charge in [-0.2, -0.15) is 13.1 Å². The molecule has 5 rings (SSSR count). The van der Waals surface area contributed by atoms with Crippen LogP contribution in [-0.2, 0) is 15.1 Å². The van der Waals surface area contributed by atoms with Crippen molar-refractivity contribution in [1.29, 1.82) is 0 Å². The molecule has 0 saturated heterocycles. The normalized spacial score (nSPS) is 33.0. The topological polar surface area (TPSA) is 116 Å². The van der Waals surface area contributed by atoms with Gasteiger partial charge in [-0.3, -0.25) is 9.35 Å². The highest BCUT2D eigenvalue weighted by molar-refractivity contribution is 9.10. The zero-order valence-corrected chi connectivity index (χ0v) is 19.0. The van der Waals surface area contributed by atoms with Crippen LogP contribution in [0.3, 0.4) is 0 Å². The Balaban J connectivity index is 0.000000290. The van der Waals surface area contributed by atoms with E-state index in [2.05, 4.69) is 21.2 Å². The second kappa shape index (κ2) is 8.26. The Morgan fingerprint density at radius 1 is 1.14 bits per heavy atom. The summed E-state index contributed by atoms with van der Waals surface area (Å²) in [5.41, 5.74) is -1.99. The molecule has 0 spiro atoms. The zero-order valence-electron chi connectivity index (χ0n) is 16.6. The van der Waals surface area contributed by atoms with Gasteiger partial charge >= 0.3 is 10.3 Å². The maximum atomic E-state index is 12.4. The predicted octanol–water partition coefficient (Wildman–Crippen LogP) is 2.66. The first-order valence-corrected chi connectivity index (χ1v) is 12.1. The molecule has 0 aliphatic heterocycles. The Bertz CT molecular complexity index is 830.